The van der Waals surface area contributed by atoms with Crippen LogP contribution in [0.25, 0.3) is 0 Å². The van der Waals surface area contributed by atoms with E-state index in [1.165, 1.54) is 7.11 Å². The largest absolute Gasteiger partial charge is 0.383 e. The summed E-state index contributed by atoms with van der Waals surface area (Å²) < 4.78 is 29.7. The molecule has 0 saturated heterocycles. The predicted octanol–water partition coefficient (Wildman–Crippen LogP) is 1.88. The molecular formula is C15H20ClF2N3O3. The number of nitrogens with one attached hydrogen (secondary N) is 2. The molecule has 0 aliphatic rings. The summed E-state index contributed by atoms with van der Waals surface area (Å²) in [5.41, 5.74) is 0.834. The van der Waals surface area contributed by atoms with Crippen molar-refractivity contribution in [2.75, 3.05) is 33.4 Å². The van der Waals surface area contributed by atoms with Crippen molar-refractivity contribution in [3.8, 4) is 0 Å². The minimum atomic E-state index is -2.65. The van der Waals surface area contributed by atoms with Gasteiger partial charge in [0.2, 0.25) is 5.91 Å². The quantitative estimate of drug-likeness (QED) is 0.703. The van der Waals surface area contributed by atoms with E-state index in [1.54, 1.807) is 24.3 Å². The Labute approximate surface area is 144 Å². The van der Waals surface area contributed by atoms with Crippen molar-refractivity contribution in [2.24, 2.45) is 0 Å². The van der Waals surface area contributed by atoms with E-state index >= 15 is 0 Å². The molecule has 9 heteroatoms. The molecule has 0 unspecified atom stereocenters. The Morgan fingerprint density at radius 3 is 2.50 bits per heavy atom. The van der Waals surface area contributed by atoms with Crippen molar-refractivity contribution in [1.82, 2.24) is 15.5 Å². The van der Waals surface area contributed by atoms with Crippen LogP contribution in [0.1, 0.15) is 5.56 Å². The first kappa shape index (κ1) is 20.1. The van der Waals surface area contributed by atoms with E-state index in [-0.39, 0.29) is 26.2 Å². The van der Waals surface area contributed by atoms with Crippen LogP contribution in [0, 0.1) is 0 Å². The third kappa shape index (κ3) is 8.07. The number of methoxy groups -OCH3 is 1. The van der Waals surface area contributed by atoms with Crippen molar-refractivity contribution >= 4 is 23.5 Å². The average molecular weight is 364 g/mol. The topological polar surface area (TPSA) is 70.7 Å². The van der Waals surface area contributed by atoms with E-state index in [9.17, 15) is 18.4 Å². The Morgan fingerprint density at radius 2 is 1.92 bits per heavy atom. The second-order valence-corrected chi connectivity index (χ2v) is 5.32. The minimum Gasteiger partial charge on any atom is -0.383 e. The van der Waals surface area contributed by atoms with Gasteiger partial charge in [-0.15, -0.1) is 0 Å². The van der Waals surface area contributed by atoms with Crippen LogP contribution in [0.2, 0.25) is 5.02 Å². The molecule has 0 aliphatic heterocycles. The van der Waals surface area contributed by atoms with Gasteiger partial charge in [0.1, 0.15) is 0 Å². The van der Waals surface area contributed by atoms with Gasteiger partial charge < -0.3 is 20.3 Å². The summed E-state index contributed by atoms with van der Waals surface area (Å²) in [6, 6.07) is 6.32. The zero-order chi connectivity index (χ0) is 17.9. The number of nitrogens with zero attached hydrogens (tertiary/aromatic N) is 1. The molecule has 134 valence electrons. The molecule has 1 aromatic carbocycles. The second-order valence-electron chi connectivity index (χ2n) is 4.89. The van der Waals surface area contributed by atoms with Crippen molar-refractivity contribution in [1.29, 1.82) is 0 Å². The van der Waals surface area contributed by atoms with E-state index < -0.39 is 24.9 Å². The third-order valence-corrected chi connectivity index (χ3v) is 3.29. The van der Waals surface area contributed by atoms with Crippen LogP contribution in [0.15, 0.2) is 24.3 Å². The maximum atomic E-state index is 12.5. The second kappa shape index (κ2) is 10.8. The van der Waals surface area contributed by atoms with Crippen LogP contribution < -0.4 is 10.6 Å². The fourth-order valence-corrected chi connectivity index (χ4v) is 1.93. The molecule has 3 amide bonds. The van der Waals surface area contributed by atoms with E-state index in [4.69, 9.17) is 16.3 Å². The molecule has 0 atom stereocenters. The van der Waals surface area contributed by atoms with E-state index in [1.807, 2.05) is 0 Å². The molecule has 24 heavy (non-hydrogen) atoms. The standard InChI is InChI=1S/C15H20ClF2N3O3/c1-24-7-6-21(10-13(17)18)14(22)9-20-15(23)19-8-11-2-4-12(16)5-3-11/h2-5,13H,6-10H2,1H3,(H2,19,20,23). The van der Waals surface area contributed by atoms with Gasteiger partial charge in [0.05, 0.1) is 19.7 Å². The highest BCUT2D eigenvalue weighted by Crippen LogP contribution is 2.09. The fourth-order valence-electron chi connectivity index (χ4n) is 1.80. The SMILES string of the molecule is COCCN(CC(F)F)C(=O)CNC(=O)NCc1ccc(Cl)cc1. The van der Waals surface area contributed by atoms with Crippen molar-refractivity contribution in [2.45, 2.75) is 13.0 Å². The number of rotatable bonds is 9. The van der Waals surface area contributed by atoms with Gasteiger partial charge in [0.25, 0.3) is 6.43 Å². The van der Waals surface area contributed by atoms with Crippen LogP contribution in [-0.4, -0.2) is 56.6 Å². The number of alkyl halides is 2. The Morgan fingerprint density at radius 1 is 1.25 bits per heavy atom. The number of amides is 3. The van der Waals surface area contributed by atoms with Crippen molar-refractivity contribution < 1.29 is 23.1 Å². The molecule has 0 radical (unpaired) electrons. The molecule has 0 bridgehead atoms. The van der Waals surface area contributed by atoms with Gasteiger partial charge in [0.15, 0.2) is 0 Å². The highest BCUT2D eigenvalue weighted by molar-refractivity contribution is 6.30. The highest BCUT2D eigenvalue weighted by Gasteiger charge is 2.18. The van der Waals surface area contributed by atoms with Gasteiger partial charge in [0, 0.05) is 25.2 Å². The number of ether oxygens (including phenoxy) is 1. The zero-order valence-corrected chi connectivity index (χ0v) is 14.0. The van der Waals surface area contributed by atoms with Gasteiger partial charge in [-0.05, 0) is 17.7 Å². The maximum absolute atomic E-state index is 12.5. The van der Waals surface area contributed by atoms with Gasteiger partial charge in [-0.1, -0.05) is 23.7 Å². The molecule has 0 aliphatic carbocycles. The first-order valence-electron chi connectivity index (χ1n) is 7.23. The molecular weight excluding hydrogens is 344 g/mol. The normalized spacial score (nSPS) is 10.5. The Bertz CT molecular complexity index is 529. The number of halogens is 3. The summed E-state index contributed by atoms with van der Waals surface area (Å²) in [5, 5.41) is 5.49. The number of hydrogen-bond donors (Lipinski definition) is 2. The van der Waals surface area contributed by atoms with Crippen molar-refractivity contribution in [3.63, 3.8) is 0 Å². The van der Waals surface area contributed by atoms with Gasteiger partial charge in [-0.3, -0.25) is 4.79 Å². The van der Waals surface area contributed by atoms with Gasteiger partial charge >= 0.3 is 6.03 Å². The number of carbonyl (C=O) groups is 2. The first-order valence-corrected chi connectivity index (χ1v) is 7.61. The van der Waals surface area contributed by atoms with Gasteiger partial charge in [-0.25, -0.2) is 13.6 Å². The van der Waals surface area contributed by atoms with Crippen LogP contribution in [-0.2, 0) is 16.1 Å². The lowest BCUT2D eigenvalue weighted by atomic mass is 10.2. The summed E-state index contributed by atoms with van der Waals surface area (Å²) in [5.74, 6) is -0.603. The van der Waals surface area contributed by atoms with E-state index in [0.717, 1.165) is 10.5 Å². The summed E-state index contributed by atoms with van der Waals surface area (Å²) in [4.78, 5) is 24.5. The first-order chi connectivity index (χ1) is 11.4. The summed E-state index contributed by atoms with van der Waals surface area (Å²) >= 11 is 5.76. The predicted molar refractivity (Wildman–Crippen MR) is 86.2 cm³/mol. The molecule has 0 fully saturated rings. The Hall–Kier alpha value is -1.93. The van der Waals surface area contributed by atoms with Crippen LogP contribution >= 0.6 is 11.6 Å². The molecule has 6 nitrogen and oxygen atoms in total. The van der Waals surface area contributed by atoms with Crippen LogP contribution in [0.5, 0.6) is 0 Å². The van der Waals surface area contributed by atoms with Crippen LogP contribution in [0.3, 0.4) is 0 Å². The number of carbonyl (C=O) groups excluding carboxylic acids is 2. The van der Waals surface area contributed by atoms with E-state index in [0.29, 0.717) is 5.02 Å². The summed E-state index contributed by atoms with van der Waals surface area (Å²) in [6.45, 7) is -0.643. The number of benzene rings is 1. The van der Waals surface area contributed by atoms with Crippen LogP contribution in [0.4, 0.5) is 13.6 Å². The fraction of sp³-hybridized carbons (Fsp3) is 0.467. The highest BCUT2D eigenvalue weighted by atomic mass is 35.5. The smallest absolute Gasteiger partial charge is 0.315 e. The Kier molecular flexibility index (Phi) is 9.03. The number of urea groups is 1. The molecule has 1 aromatic rings. The Balaban J connectivity index is 2.37. The number of hydrogen-bond acceptors (Lipinski definition) is 3. The minimum absolute atomic E-state index is 0.0355. The average Bonchev–Trinajstić information content (AvgIpc) is 2.55. The molecule has 0 spiro atoms. The lowest BCUT2D eigenvalue weighted by Gasteiger charge is -2.22. The zero-order valence-electron chi connectivity index (χ0n) is 13.2. The molecule has 0 saturated carbocycles. The summed E-state index contributed by atoms with van der Waals surface area (Å²) in [7, 11) is 1.41. The monoisotopic (exact) mass is 363 g/mol. The maximum Gasteiger partial charge on any atom is 0.315 e. The van der Waals surface area contributed by atoms with Gasteiger partial charge in [-0.2, -0.15) is 0 Å². The summed E-state index contributed by atoms with van der Waals surface area (Å²) in [6.07, 6.45) is -2.65. The molecule has 2 N–H and O–H groups in total. The molecule has 0 heterocycles. The third-order valence-electron chi connectivity index (χ3n) is 3.04. The molecule has 0 aromatic heterocycles. The van der Waals surface area contributed by atoms with Crippen molar-refractivity contribution in [3.05, 3.63) is 34.9 Å². The lowest BCUT2D eigenvalue weighted by Crippen LogP contribution is -2.45. The lowest BCUT2D eigenvalue weighted by molar-refractivity contribution is -0.132. The van der Waals surface area contributed by atoms with E-state index in [2.05, 4.69) is 10.6 Å². The molecule has 1 rings (SSSR count).